The van der Waals surface area contributed by atoms with Gasteiger partial charge in [-0.2, -0.15) is 0 Å². The van der Waals surface area contributed by atoms with Gasteiger partial charge < -0.3 is 15.2 Å². The fraction of sp³-hybridized carbons (Fsp3) is 0.538. The second kappa shape index (κ2) is 5.82. The zero-order valence-electron chi connectivity index (χ0n) is 10.4. The number of ether oxygens (including phenoxy) is 1. The summed E-state index contributed by atoms with van der Waals surface area (Å²) in [7, 11) is 0. The van der Waals surface area contributed by atoms with Crippen LogP contribution in [0.4, 0.5) is 5.82 Å². The zero-order chi connectivity index (χ0) is 13.0. The maximum absolute atomic E-state index is 10.8. The van der Waals surface area contributed by atoms with Crippen LogP contribution < -0.4 is 5.32 Å². The second-order valence-corrected chi connectivity index (χ2v) is 4.48. The standard InChI is InChI=1S/C13H18N2O3/c1-2-11-10(4-6-18-11)8-15-12-7-9(13(16)17)3-5-14-12/h3,5,7,10-11H,2,4,6,8H2,1H3,(H,14,15)(H,16,17). The first-order valence-corrected chi connectivity index (χ1v) is 6.25. The molecule has 1 aliphatic heterocycles. The molecular formula is C13H18N2O3. The molecule has 2 atom stereocenters. The number of hydrogen-bond acceptors (Lipinski definition) is 4. The number of rotatable bonds is 5. The number of aromatic nitrogens is 1. The molecule has 2 heterocycles. The summed E-state index contributed by atoms with van der Waals surface area (Å²) in [6.07, 6.45) is 3.87. The SMILES string of the molecule is CCC1OCCC1CNc1cc(C(=O)O)ccn1. The van der Waals surface area contributed by atoms with Crippen LogP contribution in [0.3, 0.4) is 0 Å². The number of carbonyl (C=O) groups is 1. The smallest absolute Gasteiger partial charge is 0.335 e. The summed E-state index contributed by atoms with van der Waals surface area (Å²) < 4.78 is 5.61. The van der Waals surface area contributed by atoms with Crippen LogP contribution in [0, 0.1) is 5.92 Å². The van der Waals surface area contributed by atoms with Crippen molar-refractivity contribution >= 4 is 11.8 Å². The third kappa shape index (κ3) is 2.98. The molecule has 1 aliphatic rings. The Hall–Kier alpha value is -1.62. The molecule has 1 fully saturated rings. The fourth-order valence-corrected chi connectivity index (χ4v) is 2.27. The molecule has 98 valence electrons. The minimum atomic E-state index is -0.934. The predicted octanol–water partition coefficient (Wildman–Crippen LogP) is 2.01. The van der Waals surface area contributed by atoms with Crippen molar-refractivity contribution < 1.29 is 14.6 Å². The normalized spacial score (nSPS) is 22.9. The molecule has 0 spiro atoms. The Labute approximate surface area is 106 Å². The van der Waals surface area contributed by atoms with E-state index in [9.17, 15) is 4.79 Å². The summed E-state index contributed by atoms with van der Waals surface area (Å²) in [5.41, 5.74) is 0.252. The Morgan fingerprint density at radius 1 is 1.67 bits per heavy atom. The zero-order valence-corrected chi connectivity index (χ0v) is 10.4. The first-order valence-electron chi connectivity index (χ1n) is 6.25. The number of hydrogen-bond donors (Lipinski definition) is 2. The van der Waals surface area contributed by atoms with Crippen molar-refractivity contribution in [3.05, 3.63) is 23.9 Å². The molecule has 0 bridgehead atoms. The highest BCUT2D eigenvalue weighted by Gasteiger charge is 2.26. The van der Waals surface area contributed by atoms with E-state index in [0.29, 0.717) is 17.8 Å². The lowest BCUT2D eigenvalue weighted by molar-refractivity contribution is 0.0696. The second-order valence-electron chi connectivity index (χ2n) is 4.48. The van der Waals surface area contributed by atoms with E-state index >= 15 is 0 Å². The van der Waals surface area contributed by atoms with Crippen molar-refractivity contribution in [3.63, 3.8) is 0 Å². The van der Waals surface area contributed by atoms with Crippen LogP contribution in [0.5, 0.6) is 0 Å². The van der Waals surface area contributed by atoms with E-state index in [0.717, 1.165) is 26.0 Å². The Morgan fingerprint density at radius 2 is 2.50 bits per heavy atom. The van der Waals surface area contributed by atoms with Crippen molar-refractivity contribution in [3.8, 4) is 0 Å². The van der Waals surface area contributed by atoms with Crippen molar-refractivity contribution in [1.29, 1.82) is 0 Å². The summed E-state index contributed by atoms with van der Waals surface area (Å²) in [6.45, 7) is 3.70. The quantitative estimate of drug-likeness (QED) is 0.836. The highest BCUT2D eigenvalue weighted by atomic mass is 16.5. The van der Waals surface area contributed by atoms with Crippen LogP contribution in [0.1, 0.15) is 30.1 Å². The topological polar surface area (TPSA) is 71.5 Å². The number of nitrogens with one attached hydrogen (secondary N) is 1. The number of nitrogens with zero attached hydrogens (tertiary/aromatic N) is 1. The van der Waals surface area contributed by atoms with Crippen LogP contribution >= 0.6 is 0 Å². The van der Waals surface area contributed by atoms with Gasteiger partial charge in [-0.3, -0.25) is 0 Å². The van der Waals surface area contributed by atoms with Gasteiger partial charge in [0, 0.05) is 25.3 Å². The molecular weight excluding hydrogens is 232 g/mol. The minimum absolute atomic E-state index is 0.252. The van der Waals surface area contributed by atoms with E-state index in [-0.39, 0.29) is 5.56 Å². The van der Waals surface area contributed by atoms with E-state index in [2.05, 4.69) is 17.2 Å². The van der Waals surface area contributed by atoms with Crippen LogP contribution in [-0.2, 0) is 4.74 Å². The largest absolute Gasteiger partial charge is 0.478 e. The highest BCUT2D eigenvalue weighted by Crippen LogP contribution is 2.23. The Kier molecular flexibility index (Phi) is 4.15. The van der Waals surface area contributed by atoms with E-state index in [1.165, 1.54) is 12.3 Å². The van der Waals surface area contributed by atoms with Gasteiger partial charge in [0.25, 0.3) is 0 Å². The lowest BCUT2D eigenvalue weighted by Crippen LogP contribution is -2.23. The van der Waals surface area contributed by atoms with Gasteiger partial charge >= 0.3 is 5.97 Å². The molecule has 0 radical (unpaired) electrons. The molecule has 0 amide bonds. The summed E-state index contributed by atoms with van der Waals surface area (Å²) in [5.74, 6) is 0.151. The van der Waals surface area contributed by atoms with Gasteiger partial charge in [0.15, 0.2) is 0 Å². The molecule has 5 heteroatoms. The van der Waals surface area contributed by atoms with Crippen molar-refractivity contribution in [1.82, 2.24) is 4.98 Å². The van der Waals surface area contributed by atoms with Gasteiger partial charge in [-0.15, -0.1) is 0 Å². The van der Waals surface area contributed by atoms with E-state index < -0.39 is 5.97 Å². The Bertz CT molecular complexity index is 422. The third-order valence-corrected chi connectivity index (χ3v) is 3.30. The van der Waals surface area contributed by atoms with Crippen LogP contribution in [0.25, 0.3) is 0 Å². The van der Waals surface area contributed by atoms with Gasteiger partial charge in [0.2, 0.25) is 0 Å². The molecule has 1 aromatic rings. The highest BCUT2D eigenvalue weighted by molar-refractivity contribution is 5.88. The summed E-state index contributed by atoms with van der Waals surface area (Å²) in [5, 5.41) is 12.1. The maximum Gasteiger partial charge on any atom is 0.335 e. The number of pyridine rings is 1. The molecule has 2 rings (SSSR count). The fourth-order valence-electron chi connectivity index (χ4n) is 2.27. The van der Waals surface area contributed by atoms with Crippen LogP contribution in [-0.4, -0.2) is 35.3 Å². The average molecular weight is 250 g/mol. The minimum Gasteiger partial charge on any atom is -0.478 e. The van der Waals surface area contributed by atoms with Gasteiger partial charge in [0.1, 0.15) is 5.82 Å². The number of aromatic carboxylic acids is 1. The monoisotopic (exact) mass is 250 g/mol. The first kappa shape index (κ1) is 12.8. The lowest BCUT2D eigenvalue weighted by Gasteiger charge is -2.17. The lowest BCUT2D eigenvalue weighted by atomic mass is 10.00. The van der Waals surface area contributed by atoms with Gasteiger partial charge in [-0.05, 0) is 25.0 Å². The van der Waals surface area contributed by atoms with Gasteiger partial charge in [-0.1, -0.05) is 6.92 Å². The molecule has 0 aromatic carbocycles. The van der Waals surface area contributed by atoms with Crippen molar-refractivity contribution in [2.45, 2.75) is 25.9 Å². The summed E-state index contributed by atoms with van der Waals surface area (Å²) >= 11 is 0. The van der Waals surface area contributed by atoms with Crippen molar-refractivity contribution in [2.24, 2.45) is 5.92 Å². The van der Waals surface area contributed by atoms with E-state index in [1.54, 1.807) is 6.07 Å². The molecule has 0 aliphatic carbocycles. The van der Waals surface area contributed by atoms with E-state index in [4.69, 9.17) is 9.84 Å². The average Bonchev–Trinajstić information content (AvgIpc) is 2.84. The van der Waals surface area contributed by atoms with E-state index in [1.807, 2.05) is 0 Å². The molecule has 1 aromatic heterocycles. The number of anilines is 1. The molecule has 2 N–H and O–H groups in total. The molecule has 5 nitrogen and oxygen atoms in total. The predicted molar refractivity (Wildman–Crippen MR) is 67.8 cm³/mol. The van der Waals surface area contributed by atoms with Crippen molar-refractivity contribution in [2.75, 3.05) is 18.5 Å². The Balaban J connectivity index is 1.93. The third-order valence-electron chi connectivity index (χ3n) is 3.30. The summed E-state index contributed by atoms with van der Waals surface area (Å²) in [4.78, 5) is 15.0. The Morgan fingerprint density at radius 3 is 3.22 bits per heavy atom. The number of carboxylic acids is 1. The maximum atomic E-state index is 10.8. The van der Waals surface area contributed by atoms with Gasteiger partial charge in [0.05, 0.1) is 11.7 Å². The molecule has 2 unspecified atom stereocenters. The number of carboxylic acid groups (broad SMARTS) is 1. The van der Waals surface area contributed by atoms with Crippen LogP contribution in [0.2, 0.25) is 0 Å². The van der Waals surface area contributed by atoms with Crippen LogP contribution in [0.15, 0.2) is 18.3 Å². The first-order chi connectivity index (χ1) is 8.70. The molecule has 1 saturated heterocycles. The summed E-state index contributed by atoms with van der Waals surface area (Å²) in [6, 6.07) is 3.04. The molecule has 18 heavy (non-hydrogen) atoms. The molecule has 0 saturated carbocycles. The van der Waals surface area contributed by atoms with Gasteiger partial charge in [-0.25, -0.2) is 9.78 Å².